The molecule has 2 aromatic heterocycles. The minimum atomic E-state index is -0.512. The van der Waals surface area contributed by atoms with Gasteiger partial charge in [0.25, 0.3) is 11.8 Å². The molecule has 0 bridgehead atoms. The summed E-state index contributed by atoms with van der Waals surface area (Å²) < 4.78 is 5.87. The summed E-state index contributed by atoms with van der Waals surface area (Å²) in [5.41, 5.74) is 5.47. The number of carbonyl (C=O) groups is 2. The van der Waals surface area contributed by atoms with E-state index in [2.05, 4.69) is 20.8 Å². The first-order chi connectivity index (χ1) is 14.9. The number of hydrogen-bond donors (Lipinski definition) is 3. The molecule has 0 atom stereocenters. The van der Waals surface area contributed by atoms with Crippen molar-refractivity contribution >= 4 is 23.3 Å². The van der Waals surface area contributed by atoms with E-state index in [4.69, 9.17) is 4.42 Å². The molecule has 8 nitrogen and oxygen atoms in total. The average molecular weight is 418 g/mol. The van der Waals surface area contributed by atoms with Crippen molar-refractivity contribution in [2.75, 3.05) is 5.32 Å². The number of amides is 2. The number of rotatable bonds is 4. The molecule has 0 saturated carbocycles. The van der Waals surface area contributed by atoms with Crippen LogP contribution in [0.15, 0.2) is 52.0 Å². The zero-order valence-electron chi connectivity index (χ0n) is 17.2. The van der Waals surface area contributed by atoms with Crippen LogP contribution in [0.25, 0.3) is 0 Å². The standard InChI is InChI=1S/C23H22N4O4/c1-13-7-5-12-19(24-13)25-23(30)21-14(2)20-16(9-6-11-18(20)31-21)26-27-22(29)15-8-3-4-10-17(15)28/h3-5,7-8,10,12,28H,6,9,11H2,1-2H3,(H,27,29)(H,24,25,30)/b26-16+. The van der Waals surface area contributed by atoms with Gasteiger partial charge in [0, 0.05) is 23.2 Å². The van der Waals surface area contributed by atoms with Crippen LogP contribution in [0.4, 0.5) is 5.82 Å². The summed E-state index contributed by atoms with van der Waals surface area (Å²) in [5, 5.41) is 16.9. The third-order valence-corrected chi connectivity index (χ3v) is 5.10. The zero-order chi connectivity index (χ0) is 22.0. The fourth-order valence-electron chi connectivity index (χ4n) is 3.63. The Hall–Kier alpha value is -3.94. The molecule has 3 aromatic rings. The van der Waals surface area contributed by atoms with Gasteiger partial charge in [-0.25, -0.2) is 10.4 Å². The number of hydrazone groups is 1. The molecule has 4 rings (SSSR count). The van der Waals surface area contributed by atoms with Gasteiger partial charge in [0.2, 0.25) is 0 Å². The van der Waals surface area contributed by atoms with Crippen molar-refractivity contribution in [3.63, 3.8) is 0 Å². The maximum atomic E-state index is 12.8. The highest BCUT2D eigenvalue weighted by Gasteiger charge is 2.28. The van der Waals surface area contributed by atoms with Crippen LogP contribution < -0.4 is 10.7 Å². The van der Waals surface area contributed by atoms with Crippen molar-refractivity contribution in [1.82, 2.24) is 10.4 Å². The van der Waals surface area contributed by atoms with Crippen LogP contribution in [0.1, 0.15) is 56.3 Å². The van der Waals surface area contributed by atoms with Crippen molar-refractivity contribution < 1.29 is 19.1 Å². The summed E-state index contributed by atoms with van der Waals surface area (Å²) >= 11 is 0. The number of hydrogen-bond acceptors (Lipinski definition) is 6. The van der Waals surface area contributed by atoms with E-state index >= 15 is 0 Å². The molecule has 158 valence electrons. The maximum absolute atomic E-state index is 12.8. The number of phenolic OH excluding ortho intramolecular Hbond substituents is 1. The molecule has 0 aliphatic heterocycles. The first-order valence-corrected chi connectivity index (χ1v) is 9.96. The molecule has 1 aliphatic rings. The van der Waals surface area contributed by atoms with E-state index in [1.807, 2.05) is 19.1 Å². The lowest BCUT2D eigenvalue weighted by Crippen LogP contribution is -2.22. The predicted octanol–water partition coefficient (Wildman–Crippen LogP) is 3.72. The van der Waals surface area contributed by atoms with Crippen LogP contribution in [-0.4, -0.2) is 27.6 Å². The number of aromatic hydroxyl groups is 1. The number of nitrogens with one attached hydrogen (secondary N) is 2. The summed E-state index contributed by atoms with van der Waals surface area (Å²) in [6.07, 6.45) is 2.10. The molecule has 2 heterocycles. The van der Waals surface area contributed by atoms with E-state index in [1.165, 1.54) is 12.1 Å². The number of nitrogens with zero attached hydrogens (tertiary/aromatic N) is 2. The molecule has 1 aromatic carbocycles. The maximum Gasteiger partial charge on any atom is 0.292 e. The molecule has 3 N–H and O–H groups in total. The number of furan rings is 1. The Morgan fingerprint density at radius 2 is 1.87 bits per heavy atom. The van der Waals surface area contributed by atoms with Crippen molar-refractivity contribution in [3.05, 3.63) is 76.4 Å². The Balaban J connectivity index is 1.58. The number of carbonyl (C=O) groups excluding carboxylic acids is 2. The predicted molar refractivity (Wildman–Crippen MR) is 115 cm³/mol. The molecule has 0 spiro atoms. The average Bonchev–Trinajstić information content (AvgIpc) is 3.10. The molecule has 0 fully saturated rings. The first kappa shape index (κ1) is 20.3. The van der Waals surface area contributed by atoms with Crippen LogP contribution >= 0.6 is 0 Å². The lowest BCUT2D eigenvalue weighted by molar-refractivity contribution is 0.0950. The van der Waals surface area contributed by atoms with Crippen LogP contribution in [0, 0.1) is 13.8 Å². The minimum Gasteiger partial charge on any atom is -0.507 e. The molecular formula is C23H22N4O4. The second-order valence-corrected chi connectivity index (χ2v) is 7.34. The van der Waals surface area contributed by atoms with Crippen LogP contribution in [0.5, 0.6) is 5.75 Å². The lowest BCUT2D eigenvalue weighted by Gasteiger charge is -2.13. The van der Waals surface area contributed by atoms with E-state index < -0.39 is 5.91 Å². The quantitative estimate of drug-likeness (QED) is 0.558. The van der Waals surface area contributed by atoms with Gasteiger partial charge in [0.15, 0.2) is 5.76 Å². The van der Waals surface area contributed by atoms with E-state index in [-0.39, 0.29) is 23.0 Å². The first-order valence-electron chi connectivity index (χ1n) is 9.96. The number of aryl methyl sites for hydroxylation is 2. The number of anilines is 1. The largest absolute Gasteiger partial charge is 0.507 e. The van der Waals surface area contributed by atoms with Crippen LogP contribution in [-0.2, 0) is 6.42 Å². The third-order valence-electron chi connectivity index (χ3n) is 5.10. The summed E-state index contributed by atoms with van der Waals surface area (Å²) in [5.74, 6) is 0.303. The fraction of sp³-hybridized carbons (Fsp3) is 0.217. The number of aromatic nitrogens is 1. The Morgan fingerprint density at radius 3 is 2.65 bits per heavy atom. The summed E-state index contributed by atoms with van der Waals surface area (Å²) in [6.45, 7) is 3.64. The van der Waals surface area contributed by atoms with Crippen molar-refractivity contribution in [2.45, 2.75) is 33.1 Å². The highest BCUT2D eigenvalue weighted by molar-refractivity contribution is 6.09. The number of fused-ring (bicyclic) bond motifs is 1. The summed E-state index contributed by atoms with van der Waals surface area (Å²) in [4.78, 5) is 29.4. The van der Waals surface area contributed by atoms with Crippen molar-refractivity contribution in [3.8, 4) is 5.75 Å². The van der Waals surface area contributed by atoms with E-state index in [9.17, 15) is 14.7 Å². The van der Waals surface area contributed by atoms with Gasteiger partial charge in [0.05, 0.1) is 11.3 Å². The Kier molecular flexibility index (Phi) is 5.53. The Morgan fingerprint density at radius 1 is 1.06 bits per heavy atom. The van der Waals surface area contributed by atoms with Gasteiger partial charge < -0.3 is 14.8 Å². The van der Waals surface area contributed by atoms with E-state index in [1.54, 1.807) is 25.1 Å². The second kappa shape index (κ2) is 8.43. The molecule has 0 unspecified atom stereocenters. The molecule has 1 aliphatic carbocycles. The normalized spacial score (nSPS) is 14.2. The molecular weight excluding hydrogens is 396 g/mol. The van der Waals surface area contributed by atoms with Crippen LogP contribution in [0.3, 0.4) is 0 Å². The van der Waals surface area contributed by atoms with Gasteiger partial charge in [-0.2, -0.15) is 5.10 Å². The molecule has 8 heteroatoms. The van der Waals surface area contributed by atoms with Gasteiger partial charge in [-0.1, -0.05) is 18.2 Å². The van der Waals surface area contributed by atoms with Gasteiger partial charge >= 0.3 is 0 Å². The van der Waals surface area contributed by atoms with Gasteiger partial charge in [-0.15, -0.1) is 0 Å². The topological polar surface area (TPSA) is 117 Å². The van der Waals surface area contributed by atoms with Crippen molar-refractivity contribution in [1.29, 1.82) is 0 Å². The Bertz CT molecular complexity index is 1200. The third kappa shape index (κ3) is 4.18. The Labute approximate surface area is 179 Å². The summed E-state index contributed by atoms with van der Waals surface area (Å²) in [7, 11) is 0. The zero-order valence-corrected chi connectivity index (χ0v) is 17.2. The second-order valence-electron chi connectivity index (χ2n) is 7.34. The van der Waals surface area contributed by atoms with E-state index in [0.29, 0.717) is 35.7 Å². The number of pyridine rings is 1. The summed E-state index contributed by atoms with van der Waals surface area (Å²) in [6, 6.07) is 11.6. The highest BCUT2D eigenvalue weighted by atomic mass is 16.4. The van der Waals surface area contributed by atoms with E-state index in [0.717, 1.165) is 17.7 Å². The van der Waals surface area contributed by atoms with Crippen molar-refractivity contribution in [2.24, 2.45) is 5.10 Å². The minimum absolute atomic E-state index is 0.118. The highest BCUT2D eigenvalue weighted by Crippen LogP contribution is 2.30. The number of benzene rings is 1. The molecule has 0 saturated heterocycles. The number of para-hydroxylation sites is 1. The fourth-order valence-corrected chi connectivity index (χ4v) is 3.63. The van der Waals surface area contributed by atoms with Gasteiger partial charge in [-0.05, 0) is 51.0 Å². The number of phenols is 1. The monoisotopic (exact) mass is 418 g/mol. The SMILES string of the molecule is Cc1cccc(NC(=O)c2oc3c(c2C)/C(=N/NC(=O)c2ccccc2O)CCC3)n1. The molecule has 31 heavy (non-hydrogen) atoms. The molecule has 0 radical (unpaired) electrons. The van der Waals surface area contributed by atoms with Crippen LogP contribution in [0.2, 0.25) is 0 Å². The van der Waals surface area contributed by atoms with Gasteiger partial charge in [0.1, 0.15) is 17.3 Å². The van der Waals surface area contributed by atoms with Gasteiger partial charge in [-0.3, -0.25) is 9.59 Å². The lowest BCUT2D eigenvalue weighted by atomic mass is 9.93. The smallest absolute Gasteiger partial charge is 0.292 e. The molecule has 2 amide bonds.